The number of hydrogen-bond donors (Lipinski definition) is 1. The average molecular weight is 689 g/mol. The zero-order valence-corrected chi connectivity index (χ0v) is 30.5. The Kier molecular flexibility index (Phi) is 11.9. The Bertz CT molecular complexity index is 1760. The molecule has 4 unspecified atom stereocenters. The van der Waals surface area contributed by atoms with Gasteiger partial charge in [0.05, 0.1) is 12.2 Å². The minimum atomic E-state index is -1.12. The van der Waals surface area contributed by atoms with Gasteiger partial charge in [-0.05, 0) is 101 Å². The van der Waals surface area contributed by atoms with Crippen LogP contribution in [0, 0.1) is 11.8 Å². The van der Waals surface area contributed by atoms with Crippen molar-refractivity contribution in [1.82, 2.24) is 0 Å². The lowest BCUT2D eigenvalue weighted by Crippen LogP contribution is -2.52. The lowest BCUT2D eigenvalue weighted by atomic mass is 9.86. The van der Waals surface area contributed by atoms with Gasteiger partial charge < -0.3 is 28.5 Å². The second-order valence-electron chi connectivity index (χ2n) is 15.0. The van der Waals surface area contributed by atoms with Crippen LogP contribution < -0.4 is 10.4 Å². The molecule has 4 atom stereocenters. The Balaban J connectivity index is 1.64. The molecule has 3 aliphatic rings. The fourth-order valence-electron chi connectivity index (χ4n) is 7.17. The summed E-state index contributed by atoms with van der Waals surface area (Å²) in [5.41, 5.74) is 2.85. The summed E-state index contributed by atoms with van der Waals surface area (Å²) in [5, 5.41) is 10.2. The van der Waals surface area contributed by atoms with E-state index in [0.29, 0.717) is 53.0 Å². The number of esters is 2. The Morgan fingerprint density at radius 2 is 1.68 bits per heavy atom. The van der Waals surface area contributed by atoms with Crippen LogP contribution in [0.3, 0.4) is 0 Å². The summed E-state index contributed by atoms with van der Waals surface area (Å²) in [4.78, 5) is 41.6. The highest BCUT2D eigenvalue weighted by Gasteiger charge is 2.50. The fourth-order valence-corrected chi connectivity index (χ4v) is 7.17. The quantitative estimate of drug-likeness (QED) is 0.145. The Hall–Kier alpha value is -3.95. The molecule has 9 nitrogen and oxygen atoms in total. The zero-order valence-electron chi connectivity index (χ0n) is 30.5. The minimum absolute atomic E-state index is 0.0338. The molecule has 0 aliphatic carbocycles. The number of aliphatic hydroxyl groups excluding tert-OH is 1. The van der Waals surface area contributed by atoms with Crippen LogP contribution in [0.15, 0.2) is 62.8 Å². The highest BCUT2D eigenvalue weighted by atomic mass is 16.6. The number of aliphatic hydroxyl groups is 1. The summed E-state index contributed by atoms with van der Waals surface area (Å²) >= 11 is 0. The summed E-state index contributed by atoms with van der Waals surface area (Å²) < 4.78 is 30.6. The van der Waals surface area contributed by atoms with Crippen molar-refractivity contribution in [1.29, 1.82) is 0 Å². The van der Waals surface area contributed by atoms with Gasteiger partial charge in [0.25, 0.3) is 0 Å². The van der Waals surface area contributed by atoms with Gasteiger partial charge in [0, 0.05) is 42.6 Å². The van der Waals surface area contributed by atoms with Gasteiger partial charge >= 0.3 is 17.6 Å². The molecule has 0 saturated heterocycles. The molecule has 2 aromatic carbocycles. The van der Waals surface area contributed by atoms with Gasteiger partial charge in [0.1, 0.15) is 16.9 Å². The molecule has 50 heavy (non-hydrogen) atoms. The van der Waals surface area contributed by atoms with Crippen molar-refractivity contribution in [3.8, 4) is 5.75 Å². The molecule has 1 N–H and O–H groups in total. The number of benzene rings is 2. The molecular formula is C41H52O9. The third kappa shape index (κ3) is 8.49. The first-order chi connectivity index (χ1) is 23.8. The van der Waals surface area contributed by atoms with E-state index in [2.05, 4.69) is 38.1 Å². The van der Waals surface area contributed by atoms with Crippen LogP contribution in [0.25, 0.3) is 11.0 Å². The van der Waals surface area contributed by atoms with Crippen molar-refractivity contribution in [2.45, 2.75) is 110 Å². The van der Waals surface area contributed by atoms with Crippen molar-refractivity contribution in [3.05, 3.63) is 86.3 Å². The second-order valence-corrected chi connectivity index (χ2v) is 15.0. The monoisotopic (exact) mass is 688 g/mol. The molecule has 6 rings (SSSR count). The molecule has 3 aromatic rings. The Morgan fingerprint density at radius 1 is 0.960 bits per heavy atom. The van der Waals surface area contributed by atoms with E-state index < -0.39 is 35.4 Å². The SMILES string of the molecule is COCC(CCO)c1cc2ccc3c(c2oc1=O)C1OC(=O)CC(CCC(C)C)Cc2ccc(cc2)CCC(=C(C)C)C(=O)OC1C(C)(C)O3. The van der Waals surface area contributed by atoms with Crippen LogP contribution in [0.5, 0.6) is 5.75 Å². The molecule has 9 heteroatoms. The summed E-state index contributed by atoms with van der Waals surface area (Å²) in [5.74, 6) is -0.437. The Labute approximate surface area is 294 Å². The van der Waals surface area contributed by atoms with Gasteiger partial charge in [-0.2, -0.15) is 0 Å². The maximum Gasteiger partial charge on any atom is 0.339 e. The number of fused-ring (bicyclic) bond motifs is 13. The van der Waals surface area contributed by atoms with E-state index in [1.807, 2.05) is 13.8 Å². The highest BCUT2D eigenvalue weighted by Crippen LogP contribution is 2.47. The molecule has 270 valence electrons. The minimum Gasteiger partial charge on any atom is -0.483 e. The summed E-state index contributed by atoms with van der Waals surface area (Å²) in [6.45, 7) is 11.8. The summed E-state index contributed by atoms with van der Waals surface area (Å²) in [7, 11) is 1.54. The molecule has 0 spiro atoms. The van der Waals surface area contributed by atoms with Gasteiger partial charge in [-0.25, -0.2) is 9.59 Å². The van der Waals surface area contributed by atoms with Gasteiger partial charge in [-0.1, -0.05) is 50.1 Å². The van der Waals surface area contributed by atoms with Crippen LogP contribution in [-0.4, -0.2) is 49.1 Å². The average Bonchev–Trinajstić information content (AvgIpc) is 3.04. The molecule has 1 aromatic heterocycles. The van der Waals surface area contributed by atoms with Crippen molar-refractivity contribution in [2.75, 3.05) is 20.3 Å². The number of hydrogen-bond acceptors (Lipinski definition) is 9. The molecular weight excluding hydrogens is 636 g/mol. The molecule has 2 bridgehead atoms. The first-order valence-corrected chi connectivity index (χ1v) is 17.8. The largest absolute Gasteiger partial charge is 0.483 e. The molecule has 0 saturated carbocycles. The smallest absolute Gasteiger partial charge is 0.339 e. The van der Waals surface area contributed by atoms with Gasteiger partial charge in [-0.3, -0.25) is 4.79 Å². The predicted molar refractivity (Wildman–Crippen MR) is 191 cm³/mol. The van der Waals surface area contributed by atoms with E-state index in [4.69, 9.17) is 23.4 Å². The predicted octanol–water partition coefficient (Wildman–Crippen LogP) is 7.54. The van der Waals surface area contributed by atoms with E-state index in [1.165, 1.54) is 0 Å². The standard InChI is InChI=1S/C41H52O9/c1-24(2)8-9-28-20-27-12-10-26(11-13-27)14-16-31(25(3)4)39(44)49-38-37(47-34(43)21-28)35-33(50-41(38,5)6)17-15-29-22-32(40(45)48-36(29)35)30(18-19-42)23-46-7/h10-13,15,17,22,24,28,30,37-38,42H,8-9,14,16,18-21,23H2,1-7H3. The number of allylic oxidation sites excluding steroid dienone is 1. The first-order valence-electron chi connectivity index (χ1n) is 17.8. The molecule has 0 amide bonds. The van der Waals surface area contributed by atoms with Crippen molar-refractivity contribution in [2.24, 2.45) is 11.8 Å². The van der Waals surface area contributed by atoms with E-state index in [1.54, 1.807) is 39.2 Å². The van der Waals surface area contributed by atoms with E-state index in [0.717, 1.165) is 36.0 Å². The molecule has 3 aliphatic heterocycles. The van der Waals surface area contributed by atoms with Crippen LogP contribution in [0.4, 0.5) is 0 Å². The summed E-state index contributed by atoms with van der Waals surface area (Å²) in [6.07, 6.45) is 1.99. The van der Waals surface area contributed by atoms with Gasteiger partial charge in [-0.15, -0.1) is 0 Å². The highest BCUT2D eigenvalue weighted by molar-refractivity contribution is 5.90. The lowest BCUT2D eigenvalue weighted by molar-refractivity contribution is -0.188. The van der Waals surface area contributed by atoms with Crippen molar-refractivity contribution in [3.63, 3.8) is 0 Å². The maximum absolute atomic E-state index is 14.1. The fraction of sp³-hybridized carbons (Fsp3) is 0.537. The third-order valence-electron chi connectivity index (χ3n) is 9.99. The van der Waals surface area contributed by atoms with Crippen LogP contribution in [-0.2, 0) is 36.6 Å². The third-order valence-corrected chi connectivity index (χ3v) is 9.99. The molecule has 0 radical (unpaired) electrons. The van der Waals surface area contributed by atoms with E-state index in [-0.39, 0.29) is 37.1 Å². The first kappa shape index (κ1) is 37.3. The van der Waals surface area contributed by atoms with Gasteiger partial charge in [0.2, 0.25) is 0 Å². The van der Waals surface area contributed by atoms with Crippen LogP contribution >= 0.6 is 0 Å². The van der Waals surface area contributed by atoms with Crippen molar-refractivity contribution < 1.29 is 38.1 Å². The van der Waals surface area contributed by atoms with E-state index >= 15 is 0 Å². The topological polar surface area (TPSA) is 122 Å². The molecule has 4 heterocycles. The number of methoxy groups -OCH3 is 1. The lowest BCUT2D eigenvalue weighted by Gasteiger charge is -2.43. The number of carbonyl (C=O) groups excluding carboxylic acids is 2. The maximum atomic E-state index is 14.1. The van der Waals surface area contributed by atoms with Crippen molar-refractivity contribution >= 4 is 22.9 Å². The van der Waals surface area contributed by atoms with Crippen LogP contribution in [0.2, 0.25) is 0 Å². The zero-order chi connectivity index (χ0) is 36.2. The summed E-state index contributed by atoms with van der Waals surface area (Å²) in [6, 6.07) is 13.7. The number of aryl methyl sites for hydroxylation is 1. The molecule has 0 fully saturated rings. The van der Waals surface area contributed by atoms with E-state index in [9.17, 15) is 19.5 Å². The van der Waals surface area contributed by atoms with Gasteiger partial charge in [0.15, 0.2) is 12.2 Å². The Morgan fingerprint density at radius 3 is 2.34 bits per heavy atom. The number of carbonyl (C=O) groups is 2. The van der Waals surface area contributed by atoms with Crippen LogP contribution in [0.1, 0.15) is 108 Å². The number of ether oxygens (including phenoxy) is 4. The number of rotatable bonds is 8. The normalized spacial score (nSPS) is 21.6. The second kappa shape index (κ2) is 15.9.